The molecular weight excluding hydrogens is 288 g/mol. The third kappa shape index (κ3) is 2.60. The van der Waals surface area contributed by atoms with Gasteiger partial charge in [0.25, 0.3) is 0 Å². The first-order valence-corrected chi connectivity index (χ1v) is 9.46. The lowest BCUT2D eigenvalue weighted by Gasteiger charge is -2.40. The van der Waals surface area contributed by atoms with E-state index in [2.05, 4.69) is 6.08 Å². The number of carbonyl (C=O) groups excluding carboxylic acids is 2. The molecule has 23 heavy (non-hydrogen) atoms. The third-order valence-corrected chi connectivity index (χ3v) is 6.83. The van der Waals surface area contributed by atoms with Crippen molar-refractivity contribution in [3.05, 3.63) is 11.8 Å². The molecule has 0 aromatic rings. The Hall–Kier alpha value is -1.32. The summed E-state index contributed by atoms with van der Waals surface area (Å²) in [6.45, 7) is 0.770. The second-order valence-corrected chi connectivity index (χ2v) is 8.11. The quantitative estimate of drug-likeness (QED) is 0.814. The lowest BCUT2D eigenvalue weighted by molar-refractivity contribution is -0.143. The third-order valence-electron chi connectivity index (χ3n) is 6.83. The van der Waals surface area contributed by atoms with Gasteiger partial charge in [0.15, 0.2) is 0 Å². The molecule has 4 heteroatoms. The van der Waals surface area contributed by atoms with E-state index in [1.54, 1.807) is 0 Å². The van der Waals surface area contributed by atoms with Gasteiger partial charge in [-0.2, -0.15) is 0 Å². The second-order valence-electron chi connectivity index (χ2n) is 8.11. The Morgan fingerprint density at radius 2 is 1.96 bits per heavy atom. The number of amides is 2. The van der Waals surface area contributed by atoms with Gasteiger partial charge < -0.3 is 10.6 Å². The highest BCUT2D eigenvalue weighted by atomic mass is 16.2. The minimum absolute atomic E-state index is 0.00731. The SMILES string of the molecule is NC(=O)C(C(=O)N1CCCC2CCCC=C21)C1CC2CCC1C2. The van der Waals surface area contributed by atoms with Crippen molar-refractivity contribution in [2.45, 2.75) is 57.8 Å². The first-order valence-electron chi connectivity index (χ1n) is 9.46. The number of hydrogen-bond donors (Lipinski definition) is 1. The number of allylic oxidation sites excluding steroid dienone is 2. The van der Waals surface area contributed by atoms with Crippen LogP contribution in [0.5, 0.6) is 0 Å². The van der Waals surface area contributed by atoms with Crippen molar-refractivity contribution in [3.8, 4) is 0 Å². The van der Waals surface area contributed by atoms with E-state index in [0.717, 1.165) is 31.7 Å². The summed E-state index contributed by atoms with van der Waals surface area (Å²) in [4.78, 5) is 27.3. The van der Waals surface area contributed by atoms with Crippen LogP contribution in [-0.4, -0.2) is 23.3 Å². The molecule has 4 nitrogen and oxygen atoms in total. The summed E-state index contributed by atoms with van der Waals surface area (Å²) in [6.07, 6.45) is 12.6. The Balaban J connectivity index is 1.57. The Labute approximate surface area is 138 Å². The van der Waals surface area contributed by atoms with Crippen molar-refractivity contribution < 1.29 is 9.59 Å². The molecule has 0 aromatic heterocycles. The molecule has 2 bridgehead atoms. The molecule has 2 amide bonds. The molecule has 4 aliphatic rings. The summed E-state index contributed by atoms with van der Waals surface area (Å²) in [5.74, 6) is 1.01. The highest BCUT2D eigenvalue weighted by Gasteiger charge is 2.49. The van der Waals surface area contributed by atoms with Gasteiger partial charge in [-0.15, -0.1) is 0 Å². The van der Waals surface area contributed by atoms with Crippen molar-refractivity contribution in [1.82, 2.24) is 4.90 Å². The molecule has 2 N–H and O–H groups in total. The Morgan fingerprint density at radius 3 is 2.65 bits per heavy atom. The number of carbonyl (C=O) groups is 2. The van der Waals surface area contributed by atoms with Gasteiger partial charge in [0.1, 0.15) is 5.92 Å². The zero-order valence-corrected chi connectivity index (χ0v) is 13.9. The van der Waals surface area contributed by atoms with Gasteiger partial charge in [0.05, 0.1) is 0 Å². The Morgan fingerprint density at radius 1 is 1.13 bits per heavy atom. The van der Waals surface area contributed by atoms with E-state index in [0.29, 0.717) is 11.8 Å². The van der Waals surface area contributed by atoms with Crippen LogP contribution in [0.25, 0.3) is 0 Å². The zero-order valence-electron chi connectivity index (χ0n) is 13.9. The van der Waals surface area contributed by atoms with Gasteiger partial charge in [0.2, 0.25) is 11.8 Å². The molecule has 3 aliphatic carbocycles. The van der Waals surface area contributed by atoms with Crippen LogP contribution in [0, 0.1) is 29.6 Å². The van der Waals surface area contributed by atoms with Crippen molar-refractivity contribution in [2.75, 3.05) is 6.54 Å². The summed E-state index contributed by atoms with van der Waals surface area (Å²) in [6, 6.07) is 0. The summed E-state index contributed by atoms with van der Waals surface area (Å²) < 4.78 is 0. The molecule has 126 valence electrons. The Bertz CT molecular complexity index is 541. The average Bonchev–Trinajstić information content (AvgIpc) is 3.17. The first kappa shape index (κ1) is 15.2. The molecule has 0 spiro atoms. The lowest BCUT2D eigenvalue weighted by atomic mass is 9.77. The molecule has 0 aromatic carbocycles. The fourth-order valence-corrected chi connectivity index (χ4v) is 5.80. The highest BCUT2D eigenvalue weighted by Crippen LogP contribution is 2.51. The number of primary amides is 1. The smallest absolute Gasteiger partial charge is 0.239 e. The van der Waals surface area contributed by atoms with Gasteiger partial charge in [0, 0.05) is 12.2 Å². The normalized spacial score (nSPS) is 37.2. The summed E-state index contributed by atoms with van der Waals surface area (Å²) in [7, 11) is 0. The fourth-order valence-electron chi connectivity index (χ4n) is 5.80. The summed E-state index contributed by atoms with van der Waals surface area (Å²) in [5, 5.41) is 0. The van der Waals surface area contributed by atoms with Crippen LogP contribution in [0.3, 0.4) is 0 Å². The largest absolute Gasteiger partial charge is 0.369 e. The van der Waals surface area contributed by atoms with Crippen LogP contribution in [0.2, 0.25) is 0 Å². The molecule has 5 unspecified atom stereocenters. The molecule has 4 rings (SSSR count). The van der Waals surface area contributed by atoms with Crippen LogP contribution in [0.15, 0.2) is 11.8 Å². The molecule has 1 aliphatic heterocycles. The van der Waals surface area contributed by atoms with Crippen molar-refractivity contribution in [1.29, 1.82) is 0 Å². The maximum absolute atomic E-state index is 13.2. The number of hydrogen-bond acceptors (Lipinski definition) is 2. The number of likely N-dealkylation sites (tertiary alicyclic amines) is 1. The van der Waals surface area contributed by atoms with Crippen LogP contribution in [0.4, 0.5) is 0 Å². The van der Waals surface area contributed by atoms with Crippen LogP contribution >= 0.6 is 0 Å². The maximum atomic E-state index is 13.2. The van der Waals surface area contributed by atoms with Crippen LogP contribution in [-0.2, 0) is 9.59 Å². The van der Waals surface area contributed by atoms with Gasteiger partial charge in [-0.1, -0.05) is 12.5 Å². The standard InChI is InChI=1S/C19H28N2O2/c20-18(22)17(15-11-12-7-8-14(15)10-12)19(23)21-9-3-5-13-4-1-2-6-16(13)21/h6,12-15,17H,1-5,7-11H2,(H2,20,22). The highest BCUT2D eigenvalue weighted by molar-refractivity contribution is 6.00. The summed E-state index contributed by atoms with van der Waals surface area (Å²) in [5.41, 5.74) is 6.91. The zero-order chi connectivity index (χ0) is 16.0. The fraction of sp³-hybridized carbons (Fsp3) is 0.789. The predicted molar refractivity (Wildman–Crippen MR) is 88.0 cm³/mol. The van der Waals surface area contributed by atoms with Crippen molar-refractivity contribution in [3.63, 3.8) is 0 Å². The predicted octanol–water partition coefficient (Wildman–Crippen LogP) is 2.83. The maximum Gasteiger partial charge on any atom is 0.239 e. The number of fused-ring (bicyclic) bond motifs is 3. The topological polar surface area (TPSA) is 63.4 Å². The first-order chi connectivity index (χ1) is 11.1. The number of piperidine rings is 1. The number of nitrogens with zero attached hydrogens (tertiary/aromatic N) is 1. The van der Waals surface area contributed by atoms with Crippen molar-refractivity contribution >= 4 is 11.8 Å². The number of rotatable bonds is 3. The van der Waals surface area contributed by atoms with Crippen LogP contribution in [0.1, 0.15) is 57.8 Å². The molecule has 0 radical (unpaired) electrons. The van der Waals surface area contributed by atoms with E-state index in [4.69, 9.17) is 5.73 Å². The van der Waals surface area contributed by atoms with E-state index < -0.39 is 11.8 Å². The summed E-state index contributed by atoms with van der Waals surface area (Å²) >= 11 is 0. The van der Waals surface area contributed by atoms with E-state index >= 15 is 0 Å². The lowest BCUT2D eigenvalue weighted by Crippen LogP contribution is -2.48. The Kier molecular flexibility index (Phi) is 3.94. The van der Waals surface area contributed by atoms with E-state index in [-0.39, 0.29) is 11.8 Å². The molecule has 5 atom stereocenters. The van der Waals surface area contributed by atoms with Gasteiger partial charge in [-0.3, -0.25) is 9.59 Å². The van der Waals surface area contributed by atoms with Crippen LogP contribution < -0.4 is 5.73 Å². The monoisotopic (exact) mass is 316 g/mol. The van der Waals surface area contributed by atoms with E-state index in [9.17, 15) is 9.59 Å². The molecule has 1 saturated heterocycles. The van der Waals surface area contributed by atoms with E-state index in [1.807, 2.05) is 4.90 Å². The number of nitrogens with two attached hydrogens (primary N) is 1. The molecule has 2 saturated carbocycles. The van der Waals surface area contributed by atoms with Gasteiger partial charge >= 0.3 is 0 Å². The van der Waals surface area contributed by atoms with Crippen molar-refractivity contribution in [2.24, 2.45) is 35.3 Å². The second kappa shape index (κ2) is 5.95. The molecule has 1 heterocycles. The molecular formula is C19H28N2O2. The van der Waals surface area contributed by atoms with E-state index in [1.165, 1.54) is 44.2 Å². The van der Waals surface area contributed by atoms with Gasteiger partial charge in [-0.25, -0.2) is 0 Å². The minimum Gasteiger partial charge on any atom is -0.369 e. The molecule has 3 fully saturated rings. The van der Waals surface area contributed by atoms with Gasteiger partial charge in [-0.05, 0) is 75.0 Å². The average molecular weight is 316 g/mol. The minimum atomic E-state index is -0.591.